The number of likely N-dealkylation sites (tertiary alicyclic amines) is 1. The second-order valence-electron chi connectivity index (χ2n) is 7.02. The summed E-state index contributed by atoms with van der Waals surface area (Å²) >= 11 is 0. The van der Waals surface area contributed by atoms with E-state index in [9.17, 15) is 4.79 Å². The Kier molecular flexibility index (Phi) is 3.36. The molecule has 3 heterocycles. The van der Waals surface area contributed by atoms with Crippen LogP contribution in [-0.4, -0.2) is 44.8 Å². The third kappa shape index (κ3) is 2.60. The van der Waals surface area contributed by atoms with Crippen molar-refractivity contribution in [2.24, 2.45) is 0 Å². The predicted octanol–water partition coefficient (Wildman–Crippen LogP) is 1.68. The highest BCUT2D eigenvalue weighted by molar-refractivity contribution is 5.73. The number of aromatic nitrogens is 4. The van der Waals surface area contributed by atoms with E-state index in [1.54, 1.807) is 6.20 Å². The number of nitrogens with one attached hydrogen (secondary N) is 1. The Balaban J connectivity index is 2.11. The first-order chi connectivity index (χ1) is 9.86. The van der Waals surface area contributed by atoms with Gasteiger partial charge >= 0.3 is 0 Å². The lowest BCUT2D eigenvalue weighted by Gasteiger charge is -2.29. The maximum absolute atomic E-state index is 12.3. The maximum atomic E-state index is 12.3. The molecular formula is C15H23N5O. The number of hydrogen-bond acceptors (Lipinski definition) is 4. The summed E-state index contributed by atoms with van der Waals surface area (Å²) < 4.78 is 1.84. The van der Waals surface area contributed by atoms with E-state index in [4.69, 9.17) is 4.98 Å². The third-order valence-electron chi connectivity index (χ3n) is 4.10. The van der Waals surface area contributed by atoms with E-state index >= 15 is 0 Å². The number of rotatable bonds is 1. The number of aromatic amines is 1. The van der Waals surface area contributed by atoms with Crippen molar-refractivity contribution in [3.05, 3.63) is 22.4 Å². The second-order valence-corrected chi connectivity index (χ2v) is 7.02. The van der Waals surface area contributed by atoms with Gasteiger partial charge in [0.1, 0.15) is 11.2 Å². The lowest BCUT2D eigenvalue weighted by Crippen LogP contribution is -2.32. The quantitative estimate of drug-likeness (QED) is 0.867. The first-order valence-corrected chi connectivity index (χ1v) is 7.53. The van der Waals surface area contributed by atoms with Crippen molar-refractivity contribution in [3.8, 4) is 0 Å². The van der Waals surface area contributed by atoms with Crippen LogP contribution in [0.2, 0.25) is 0 Å². The topological polar surface area (TPSA) is 66.8 Å². The van der Waals surface area contributed by atoms with Crippen molar-refractivity contribution < 1.29 is 0 Å². The molecule has 0 aromatic carbocycles. The highest BCUT2D eigenvalue weighted by Gasteiger charge is 2.24. The molecule has 6 nitrogen and oxygen atoms in total. The Bertz CT molecular complexity index is 709. The van der Waals surface area contributed by atoms with Gasteiger partial charge in [-0.3, -0.25) is 4.79 Å². The third-order valence-corrected chi connectivity index (χ3v) is 4.10. The van der Waals surface area contributed by atoms with Crippen molar-refractivity contribution in [1.29, 1.82) is 0 Å². The molecule has 1 atom stereocenters. The number of H-pyrrole nitrogens is 1. The number of fused-ring (bicyclic) bond motifs is 1. The molecule has 6 heteroatoms. The number of hydrogen-bond donors (Lipinski definition) is 1. The lowest BCUT2D eigenvalue weighted by atomic mass is 9.97. The van der Waals surface area contributed by atoms with Gasteiger partial charge in [0.25, 0.3) is 5.56 Å². The summed E-state index contributed by atoms with van der Waals surface area (Å²) in [5, 5.41) is 4.92. The molecule has 1 N–H and O–H groups in total. The Morgan fingerprint density at radius 2 is 2.14 bits per heavy atom. The molecule has 0 amide bonds. The minimum atomic E-state index is -0.191. The van der Waals surface area contributed by atoms with Gasteiger partial charge in [0, 0.05) is 12.5 Å². The van der Waals surface area contributed by atoms with Crippen LogP contribution in [0.1, 0.15) is 45.4 Å². The second kappa shape index (κ2) is 4.94. The zero-order chi connectivity index (χ0) is 15.2. The van der Waals surface area contributed by atoms with Crippen LogP contribution in [0.25, 0.3) is 11.0 Å². The molecule has 1 fully saturated rings. The van der Waals surface area contributed by atoms with Gasteiger partial charge in [0.2, 0.25) is 0 Å². The first kappa shape index (κ1) is 14.3. The van der Waals surface area contributed by atoms with E-state index in [0.717, 1.165) is 31.8 Å². The minimum absolute atomic E-state index is 0.0845. The van der Waals surface area contributed by atoms with E-state index in [1.807, 2.05) is 4.68 Å². The van der Waals surface area contributed by atoms with Gasteiger partial charge < -0.3 is 9.88 Å². The van der Waals surface area contributed by atoms with Gasteiger partial charge in [0.15, 0.2) is 5.65 Å². The van der Waals surface area contributed by atoms with Gasteiger partial charge in [-0.25, -0.2) is 9.67 Å². The standard InChI is InChI=1S/C15H23N5O/c1-15(2,3)20-13-11(8-16-20)14(21)18-12(17-13)10-6-5-7-19(4)9-10/h8,10H,5-7,9H2,1-4H3,(H,17,18,21). The molecule has 2 aromatic heterocycles. The van der Waals surface area contributed by atoms with Gasteiger partial charge in [-0.1, -0.05) is 0 Å². The SMILES string of the molecule is CN1CCCC(c2nc3c(cnn3C(C)(C)C)c(=O)[nH]2)C1. The molecule has 1 saturated heterocycles. The Hall–Kier alpha value is -1.69. The summed E-state index contributed by atoms with van der Waals surface area (Å²) in [6, 6.07) is 0. The molecule has 0 radical (unpaired) electrons. The first-order valence-electron chi connectivity index (χ1n) is 7.53. The molecule has 1 aliphatic heterocycles. The molecule has 0 saturated carbocycles. The Labute approximate surface area is 124 Å². The van der Waals surface area contributed by atoms with Crippen LogP contribution in [-0.2, 0) is 5.54 Å². The summed E-state index contributed by atoms with van der Waals surface area (Å²) in [6.07, 6.45) is 3.83. The van der Waals surface area contributed by atoms with Crippen molar-refractivity contribution in [3.63, 3.8) is 0 Å². The van der Waals surface area contributed by atoms with Crippen molar-refractivity contribution in [1.82, 2.24) is 24.6 Å². The lowest BCUT2D eigenvalue weighted by molar-refractivity contribution is 0.245. The fraction of sp³-hybridized carbons (Fsp3) is 0.667. The van der Waals surface area contributed by atoms with Gasteiger partial charge in [-0.2, -0.15) is 5.10 Å². The van der Waals surface area contributed by atoms with Crippen LogP contribution < -0.4 is 5.56 Å². The molecule has 3 rings (SSSR count). The monoisotopic (exact) mass is 289 g/mol. The summed E-state index contributed by atoms with van der Waals surface area (Å²) in [7, 11) is 2.11. The summed E-state index contributed by atoms with van der Waals surface area (Å²) in [5.74, 6) is 1.09. The zero-order valence-corrected chi connectivity index (χ0v) is 13.2. The van der Waals surface area contributed by atoms with Crippen LogP contribution >= 0.6 is 0 Å². The fourth-order valence-corrected chi connectivity index (χ4v) is 3.01. The molecule has 1 aliphatic rings. The van der Waals surface area contributed by atoms with Crippen LogP contribution in [0.5, 0.6) is 0 Å². The maximum Gasteiger partial charge on any atom is 0.262 e. The Morgan fingerprint density at radius 1 is 1.38 bits per heavy atom. The van der Waals surface area contributed by atoms with Crippen molar-refractivity contribution in [2.75, 3.05) is 20.1 Å². The van der Waals surface area contributed by atoms with E-state index in [0.29, 0.717) is 17.0 Å². The predicted molar refractivity (Wildman–Crippen MR) is 82.6 cm³/mol. The van der Waals surface area contributed by atoms with E-state index < -0.39 is 0 Å². The zero-order valence-electron chi connectivity index (χ0n) is 13.2. The van der Waals surface area contributed by atoms with Gasteiger partial charge in [-0.15, -0.1) is 0 Å². The summed E-state index contributed by atoms with van der Waals surface area (Å²) in [4.78, 5) is 22.3. The Morgan fingerprint density at radius 3 is 2.81 bits per heavy atom. The van der Waals surface area contributed by atoms with Gasteiger partial charge in [-0.05, 0) is 47.2 Å². The molecule has 0 aliphatic carbocycles. The largest absolute Gasteiger partial charge is 0.310 e. The highest BCUT2D eigenvalue weighted by Crippen LogP contribution is 2.25. The number of likely N-dealkylation sites (N-methyl/N-ethyl adjacent to an activating group) is 1. The molecule has 114 valence electrons. The van der Waals surface area contributed by atoms with E-state index in [-0.39, 0.29) is 11.1 Å². The number of piperidine rings is 1. The normalized spacial score (nSPS) is 21.0. The van der Waals surface area contributed by atoms with Crippen LogP contribution in [0.4, 0.5) is 0 Å². The van der Waals surface area contributed by atoms with Crippen LogP contribution in [0, 0.1) is 0 Å². The molecule has 0 spiro atoms. The van der Waals surface area contributed by atoms with E-state index in [1.165, 1.54) is 0 Å². The molecule has 0 bridgehead atoms. The van der Waals surface area contributed by atoms with E-state index in [2.05, 4.69) is 42.8 Å². The highest BCUT2D eigenvalue weighted by atomic mass is 16.1. The molecular weight excluding hydrogens is 266 g/mol. The fourth-order valence-electron chi connectivity index (χ4n) is 3.01. The molecule has 1 unspecified atom stereocenters. The van der Waals surface area contributed by atoms with Gasteiger partial charge in [0.05, 0.1) is 11.7 Å². The minimum Gasteiger partial charge on any atom is -0.310 e. The van der Waals surface area contributed by atoms with Crippen LogP contribution in [0.15, 0.2) is 11.0 Å². The van der Waals surface area contributed by atoms with Crippen molar-refractivity contribution in [2.45, 2.75) is 45.1 Å². The summed E-state index contributed by atoms with van der Waals surface area (Å²) in [5.41, 5.74) is 0.414. The number of nitrogens with zero attached hydrogens (tertiary/aromatic N) is 4. The molecule has 21 heavy (non-hydrogen) atoms. The average molecular weight is 289 g/mol. The van der Waals surface area contributed by atoms with Crippen molar-refractivity contribution >= 4 is 11.0 Å². The average Bonchev–Trinajstić information content (AvgIpc) is 2.83. The van der Waals surface area contributed by atoms with Crippen LogP contribution in [0.3, 0.4) is 0 Å². The summed E-state index contributed by atoms with van der Waals surface area (Å²) in [6.45, 7) is 8.25. The molecule has 2 aromatic rings. The smallest absolute Gasteiger partial charge is 0.262 e.